The fraction of sp³-hybridized carbons (Fsp3) is 0.100. The van der Waals surface area contributed by atoms with E-state index in [-0.39, 0.29) is 5.57 Å². The molecule has 0 aliphatic rings. The minimum Gasteiger partial charge on any atom is -0.457 e. The molecule has 118 valence electrons. The molecule has 3 rings (SSSR count). The number of furan rings is 1. The second kappa shape index (κ2) is 6.84. The lowest BCUT2D eigenvalue weighted by Crippen LogP contribution is -2.13. The molecule has 0 aliphatic heterocycles. The first-order valence-corrected chi connectivity index (χ1v) is 7.70. The van der Waals surface area contributed by atoms with Crippen LogP contribution >= 0.6 is 0 Å². The Labute approximate surface area is 140 Å². The third-order valence-corrected chi connectivity index (χ3v) is 3.72. The van der Waals surface area contributed by atoms with Crippen molar-refractivity contribution in [2.45, 2.75) is 13.3 Å². The van der Waals surface area contributed by atoms with Gasteiger partial charge in [-0.2, -0.15) is 5.26 Å². The van der Waals surface area contributed by atoms with Crippen LogP contribution in [-0.2, 0) is 11.2 Å². The summed E-state index contributed by atoms with van der Waals surface area (Å²) < 4.78 is 5.62. The molecular formula is C20H16N2O2. The number of anilines is 1. The summed E-state index contributed by atoms with van der Waals surface area (Å²) in [6.45, 7) is 2.07. The minimum absolute atomic E-state index is 0.00590. The number of amides is 1. The van der Waals surface area contributed by atoms with Gasteiger partial charge >= 0.3 is 0 Å². The Balaban J connectivity index is 1.81. The van der Waals surface area contributed by atoms with Crippen LogP contribution in [-0.4, -0.2) is 5.91 Å². The number of carbonyl (C=O) groups excluding carboxylic acids is 1. The highest BCUT2D eigenvalue weighted by atomic mass is 16.3. The first-order valence-electron chi connectivity index (χ1n) is 7.70. The van der Waals surface area contributed by atoms with Crippen molar-refractivity contribution in [2.75, 3.05) is 5.32 Å². The van der Waals surface area contributed by atoms with Gasteiger partial charge in [0.2, 0.25) is 0 Å². The predicted molar refractivity (Wildman–Crippen MR) is 94.3 cm³/mol. The Morgan fingerprint density at radius 2 is 1.96 bits per heavy atom. The zero-order chi connectivity index (χ0) is 16.9. The Hall–Kier alpha value is -3.32. The Bertz CT molecular complexity index is 911. The molecular weight excluding hydrogens is 300 g/mol. The van der Waals surface area contributed by atoms with E-state index in [9.17, 15) is 10.1 Å². The van der Waals surface area contributed by atoms with Crippen LogP contribution in [0.4, 0.5) is 5.69 Å². The molecule has 3 aromatic rings. The standard InChI is InChI=1S/C20H16N2O2/c1-2-14-7-9-17(10-8-14)22-20(23)16(13-21)12-18-11-15-5-3-4-6-19(15)24-18/h3-12H,2H2,1H3,(H,22,23)/b16-12+. The van der Waals surface area contributed by atoms with Gasteiger partial charge in [-0.3, -0.25) is 4.79 Å². The van der Waals surface area contributed by atoms with E-state index in [4.69, 9.17) is 4.42 Å². The average molecular weight is 316 g/mol. The molecule has 0 atom stereocenters. The van der Waals surface area contributed by atoms with E-state index < -0.39 is 5.91 Å². The first-order chi connectivity index (χ1) is 11.7. The number of hydrogen-bond acceptors (Lipinski definition) is 3. The molecule has 1 aromatic heterocycles. The number of fused-ring (bicyclic) bond motifs is 1. The maximum absolute atomic E-state index is 12.3. The number of benzene rings is 2. The number of hydrogen-bond donors (Lipinski definition) is 1. The van der Waals surface area contributed by atoms with Crippen LogP contribution in [0.5, 0.6) is 0 Å². The number of nitrogens with one attached hydrogen (secondary N) is 1. The molecule has 0 unspecified atom stereocenters. The maximum atomic E-state index is 12.3. The van der Waals surface area contributed by atoms with E-state index in [1.165, 1.54) is 11.6 Å². The molecule has 24 heavy (non-hydrogen) atoms. The SMILES string of the molecule is CCc1ccc(NC(=O)/C(C#N)=C/c2cc3ccccc3o2)cc1. The summed E-state index contributed by atoms with van der Waals surface area (Å²) in [4.78, 5) is 12.3. The van der Waals surface area contributed by atoms with Crippen molar-refractivity contribution in [3.05, 3.63) is 71.5 Å². The largest absolute Gasteiger partial charge is 0.457 e. The molecule has 0 aliphatic carbocycles. The van der Waals surface area contributed by atoms with Crippen LogP contribution in [0, 0.1) is 11.3 Å². The Morgan fingerprint density at radius 3 is 2.62 bits per heavy atom. The van der Waals surface area contributed by atoms with Crippen LogP contribution in [0.1, 0.15) is 18.2 Å². The highest BCUT2D eigenvalue weighted by molar-refractivity contribution is 6.09. The van der Waals surface area contributed by atoms with Crippen LogP contribution < -0.4 is 5.32 Å². The van der Waals surface area contributed by atoms with Crippen molar-refractivity contribution in [1.29, 1.82) is 5.26 Å². The maximum Gasteiger partial charge on any atom is 0.266 e. The lowest BCUT2D eigenvalue weighted by Gasteiger charge is -2.04. The summed E-state index contributed by atoms with van der Waals surface area (Å²) in [6, 6.07) is 18.8. The Kier molecular flexibility index (Phi) is 4.44. The van der Waals surface area contributed by atoms with E-state index in [0.29, 0.717) is 11.4 Å². The van der Waals surface area contributed by atoms with Gasteiger partial charge in [0.25, 0.3) is 5.91 Å². The van der Waals surface area contributed by atoms with Gasteiger partial charge in [-0.15, -0.1) is 0 Å². The first kappa shape index (κ1) is 15.6. The third kappa shape index (κ3) is 3.36. The highest BCUT2D eigenvalue weighted by Crippen LogP contribution is 2.21. The number of nitrogens with zero attached hydrogens (tertiary/aromatic N) is 1. The van der Waals surface area contributed by atoms with Crippen LogP contribution in [0.25, 0.3) is 17.0 Å². The molecule has 1 heterocycles. The zero-order valence-electron chi connectivity index (χ0n) is 13.2. The number of carbonyl (C=O) groups is 1. The van der Waals surface area contributed by atoms with Gasteiger partial charge in [0.1, 0.15) is 23.0 Å². The van der Waals surface area contributed by atoms with Gasteiger partial charge in [0, 0.05) is 17.1 Å². The Morgan fingerprint density at radius 1 is 1.21 bits per heavy atom. The molecule has 0 saturated carbocycles. The van der Waals surface area contributed by atoms with Gasteiger partial charge in [-0.05, 0) is 36.2 Å². The van der Waals surface area contributed by atoms with Crippen molar-refractivity contribution in [3.63, 3.8) is 0 Å². The smallest absolute Gasteiger partial charge is 0.266 e. The summed E-state index contributed by atoms with van der Waals surface area (Å²) >= 11 is 0. The minimum atomic E-state index is -0.456. The van der Waals surface area contributed by atoms with Gasteiger partial charge in [-0.1, -0.05) is 37.3 Å². The van der Waals surface area contributed by atoms with Gasteiger partial charge in [0.15, 0.2) is 0 Å². The molecule has 0 fully saturated rings. The van der Waals surface area contributed by atoms with E-state index in [1.54, 1.807) is 6.07 Å². The number of rotatable bonds is 4. The molecule has 4 nitrogen and oxygen atoms in total. The van der Waals surface area contributed by atoms with Crippen LogP contribution in [0.3, 0.4) is 0 Å². The van der Waals surface area contributed by atoms with Crippen molar-refractivity contribution >= 4 is 28.6 Å². The van der Waals surface area contributed by atoms with E-state index in [0.717, 1.165) is 17.4 Å². The fourth-order valence-corrected chi connectivity index (χ4v) is 2.39. The van der Waals surface area contributed by atoms with Gasteiger partial charge in [-0.25, -0.2) is 0 Å². The third-order valence-electron chi connectivity index (χ3n) is 3.72. The van der Waals surface area contributed by atoms with Crippen molar-refractivity contribution in [2.24, 2.45) is 0 Å². The quantitative estimate of drug-likeness (QED) is 0.567. The molecule has 1 amide bonds. The molecule has 0 bridgehead atoms. The molecule has 1 N–H and O–H groups in total. The number of aryl methyl sites for hydroxylation is 1. The second-order valence-electron chi connectivity index (χ2n) is 5.36. The summed E-state index contributed by atoms with van der Waals surface area (Å²) in [5.41, 5.74) is 2.56. The molecule has 4 heteroatoms. The van der Waals surface area contributed by atoms with Gasteiger partial charge < -0.3 is 9.73 Å². The molecule has 2 aromatic carbocycles. The highest BCUT2D eigenvalue weighted by Gasteiger charge is 2.11. The van der Waals surface area contributed by atoms with Crippen molar-refractivity contribution < 1.29 is 9.21 Å². The second-order valence-corrected chi connectivity index (χ2v) is 5.36. The summed E-state index contributed by atoms with van der Waals surface area (Å²) in [5, 5.41) is 12.9. The molecule has 0 saturated heterocycles. The fourth-order valence-electron chi connectivity index (χ4n) is 2.39. The van der Waals surface area contributed by atoms with Crippen molar-refractivity contribution in [3.8, 4) is 6.07 Å². The topological polar surface area (TPSA) is 66.0 Å². The number of nitriles is 1. The molecule has 0 spiro atoms. The number of para-hydroxylation sites is 1. The van der Waals surface area contributed by atoms with E-state index >= 15 is 0 Å². The lowest BCUT2D eigenvalue weighted by molar-refractivity contribution is -0.112. The van der Waals surface area contributed by atoms with Crippen LogP contribution in [0.15, 0.2) is 64.6 Å². The van der Waals surface area contributed by atoms with Crippen LogP contribution in [0.2, 0.25) is 0 Å². The normalized spacial score (nSPS) is 11.2. The summed E-state index contributed by atoms with van der Waals surface area (Å²) in [5.74, 6) is 0.0198. The van der Waals surface area contributed by atoms with E-state index in [2.05, 4.69) is 12.2 Å². The zero-order valence-corrected chi connectivity index (χ0v) is 13.2. The monoisotopic (exact) mass is 316 g/mol. The van der Waals surface area contributed by atoms with Gasteiger partial charge in [0.05, 0.1) is 0 Å². The molecule has 0 radical (unpaired) electrons. The predicted octanol–water partition coefficient (Wildman–Crippen LogP) is 4.54. The average Bonchev–Trinajstić information content (AvgIpc) is 3.02. The van der Waals surface area contributed by atoms with Crippen molar-refractivity contribution in [1.82, 2.24) is 0 Å². The van der Waals surface area contributed by atoms with E-state index in [1.807, 2.05) is 54.6 Å². The lowest BCUT2D eigenvalue weighted by atomic mass is 10.1. The summed E-state index contributed by atoms with van der Waals surface area (Å²) in [7, 11) is 0. The summed E-state index contributed by atoms with van der Waals surface area (Å²) in [6.07, 6.45) is 2.39.